The van der Waals surface area contributed by atoms with Gasteiger partial charge in [0.25, 0.3) is 0 Å². The summed E-state index contributed by atoms with van der Waals surface area (Å²) in [6.07, 6.45) is 0.777. The van der Waals surface area contributed by atoms with Crippen LogP contribution < -0.4 is 5.32 Å². The van der Waals surface area contributed by atoms with Crippen LogP contribution in [0.25, 0.3) is 11.3 Å². The van der Waals surface area contributed by atoms with Crippen molar-refractivity contribution in [1.82, 2.24) is 19.4 Å². The first-order valence-corrected chi connectivity index (χ1v) is 8.61. The van der Waals surface area contributed by atoms with Crippen molar-refractivity contribution in [3.63, 3.8) is 0 Å². The quantitative estimate of drug-likeness (QED) is 0.906. The number of hydrogen-bond acceptors (Lipinski definition) is 5. The number of urea groups is 1. The zero-order valence-corrected chi connectivity index (χ0v) is 14.3. The summed E-state index contributed by atoms with van der Waals surface area (Å²) >= 11 is 1.16. The number of carbonyl (C=O) groups is 2. The van der Waals surface area contributed by atoms with Crippen LogP contribution in [-0.4, -0.2) is 57.5 Å². The molecule has 1 N–H and O–H groups in total. The minimum atomic E-state index is -0.177. The summed E-state index contributed by atoms with van der Waals surface area (Å²) in [7, 11) is 0. The summed E-state index contributed by atoms with van der Waals surface area (Å²) < 4.78 is 3.96. The van der Waals surface area contributed by atoms with Gasteiger partial charge in [0.1, 0.15) is 10.7 Å². The molecule has 1 saturated heterocycles. The standard InChI is InChI=1S/C16H19N5O2S/c1-12(22)20-8-5-9-21(11-10-20)16(23)17-15-14(18-19-24-15)13-6-3-2-4-7-13/h2-4,6-7H,5,8-11H2,1H3,(H,17,23). The van der Waals surface area contributed by atoms with Crippen LogP contribution in [0.15, 0.2) is 30.3 Å². The van der Waals surface area contributed by atoms with Crippen LogP contribution in [0.2, 0.25) is 0 Å². The summed E-state index contributed by atoms with van der Waals surface area (Å²) in [6, 6.07) is 9.46. The Labute approximate surface area is 144 Å². The number of carbonyl (C=O) groups excluding carboxylic acids is 2. The molecule has 24 heavy (non-hydrogen) atoms. The number of amides is 3. The van der Waals surface area contributed by atoms with E-state index < -0.39 is 0 Å². The third-order valence-electron chi connectivity index (χ3n) is 3.98. The Morgan fingerprint density at radius 1 is 1.08 bits per heavy atom. The van der Waals surface area contributed by atoms with Crippen LogP contribution in [0, 0.1) is 0 Å². The van der Waals surface area contributed by atoms with E-state index in [-0.39, 0.29) is 11.9 Å². The SMILES string of the molecule is CC(=O)N1CCCN(C(=O)Nc2snnc2-c2ccccc2)CC1. The second kappa shape index (κ2) is 7.39. The first-order chi connectivity index (χ1) is 11.6. The first-order valence-electron chi connectivity index (χ1n) is 7.84. The Hall–Kier alpha value is -2.48. The van der Waals surface area contributed by atoms with Gasteiger partial charge in [0, 0.05) is 50.2 Å². The lowest BCUT2D eigenvalue weighted by atomic mass is 10.2. The maximum absolute atomic E-state index is 12.5. The van der Waals surface area contributed by atoms with Crippen molar-refractivity contribution in [3.8, 4) is 11.3 Å². The predicted molar refractivity (Wildman–Crippen MR) is 92.8 cm³/mol. The van der Waals surface area contributed by atoms with Crippen molar-refractivity contribution in [2.45, 2.75) is 13.3 Å². The lowest BCUT2D eigenvalue weighted by molar-refractivity contribution is -0.128. The molecule has 1 aromatic heterocycles. The molecular formula is C16H19N5O2S. The van der Waals surface area contributed by atoms with E-state index in [1.165, 1.54) is 0 Å². The number of aromatic nitrogens is 2. The molecule has 1 aromatic carbocycles. The Morgan fingerprint density at radius 3 is 2.54 bits per heavy atom. The minimum Gasteiger partial charge on any atom is -0.341 e. The number of nitrogens with zero attached hydrogens (tertiary/aromatic N) is 4. The Morgan fingerprint density at radius 2 is 1.79 bits per heavy atom. The van der Waals surface area contributed by atoms with Gasteiger partial charge in [0.15, 0.2) is 0 Å². The van der Waals surface area contributed by atoms with Crippen molar-refractivity contribution >= 4 is 28.5 Å². The van der Waals surface area contributed by atoms with E-state index in [4.69, 9.17) is 0 Å². The molecule has 0 aliphatic carbocycles. The Bertz CT molecular complexity index is 718. The monoisotopic (exact) mass is 345 g/mol. The van der Waals surface area contributed by atoms with Gasteiger partial charge in [0.05, 0.1) is 0 Å². The van der Waals surface area contributed by atoms with Crippen LogP contribution in [-0.2, 0) is 4.79 Å². The molecule has 7 nitrogen and oxygen atoms in total. The summed E-state index contributed by atoms with van der Waals surface area (Å²) in [6.45, 7) is 3.97. The molecule has 2 heterocycles. The average Bonchev–Trinajstić information content (AvgIpc) is 2.89. The van der Waals surface area contributed by atoms with E-state index in [2.05, 4.69) is 14.9 Å². The molecule has 0 radical (unpaired) electrons. The molecule has 0 atom stereocenters. The second-order valence-electron chi connectivity index (χ2n) is 5.59. The number of benzene rings is 1. The smallest absolute Gasteiger partial charge is 0.322 e. The normalized spacial score (nSPS) is 15.0. The fraction of sp³-hybridized carbons (Fsp3) is 0.375. The third-order valence-corrected chi connectivity index (χ3v) is 4.63. The second-order valence-corrected chi connectivity index (χ2v) is 6.35. The zero-order chi connectivity index (χ0) is 16.9. The molecule has 0 saturated carbocycles. The Balaban J connectivity index is 1.68. The first kappa shape index (κ1) is 16.4. The fourth-order valence-electron chi connectivity index (χ4n) is 2.67. The number of nitrogens with one attached hydrogen (secondary N) is 1. The number of rotatable bonds is 2. The predicted octanol–water partition coefficient (Wildman–Crippen LogP) is 2.29. The van der Waals surface area contributed by atoms with E-state index in [0.29, 0.717) is 36.9 Å². The van der Waals surface area contributed by atoms with Crippen LogP contribution in [0.1, 0.15) is 13.3 Å². The van der Waals surface area contributed by atoms with Crippen molar-refractivity contribution in [2.75, 3.05) is 31.5 Å². The maximum atomic E-state index is 12.5. The molecule has 126 valence electrons. The molecule has 0 spiro atoms. The highest BCUT2D eigenvalue weighted by Gasteiger charge is 2.22. The van der Waals surface area contributed by atoms with E-state index in [9.17, 15) is 9.59 Å². The Kier molecular flexibility index (Phi) is 5.05. The fourth-order valence-corrected chi connectivity index (χ4v) is 3.25. The molecule has 0 unspecified atom stereocenters. The lowest BCUT2D eigenvalue weighted by Gasteiger charge is -2.21. The highest BCUT2D eigenvalue weighted by atomic mass is 32.1. The van der Waals surface area contributed by atoms with Crippen LogP contribution in [0.4, 0.5) is 9.80 Å². The van der Waals surface area contributed by atoms with Gasteiger partial charge in [-0.1, -0.05) is 34.8 Å². The summed E-state index contributed by atoms with van der Waals surface area (Å²) in [5.41, 5.74) is 1.59. The van der Waals surface area contributed by atoms with Crippen LogP contribution in [0.5, 0.6) is 0 Å². The number of hydrogen-bond donors (Lipinski definition) is 1. The average molecular weight is 345 g/mol. The summed E-state index contributed by atoms with van der Waals surface area (Å²) in [5.74, 6) is 0.0512. The minimum absolute atomic E-state index is 0.0512. The van der Waals surface area contributed by atoms with Crippen LogP contribution in [0.3, 0.4) is 0 Å². The highest BCUT2D eigenvalue weighted by molar-refractivity contribution is 7.10. The largest absolute Gasteiger partial charge is 0.341 e. The summed E-state index contributed by atoms with van der Waals surface area (Å²) in [4.78, 5) is 27.5. The van der Waals surface area contributed by atoms with Gasteiger partial charge in [-0.2, -0.15) is 0 Å². The maximum Gasteiger partial charge on any atom is 0.322 e. The van der Waals surface area contributed by atoms with E-state index in [0.717, 1.165) is 23.5 Å². The molecule has 1 aliphatic heterocycles. The van der Waals surface area contributed by atoms with Gasteiger partial charge in [-0.25, -0.2) is 4.79 Å². The van der Waals surface area contributed by atoms with Gasteiger partial charge in [0.2, 0.25) is 5.91 Å². The van der Waals surface area contributed by atoms with Gasteiger partial charge in [-0.05, 0) is 6.42 Å². The lowest BCUT2D eigenvalue weighted by Crippen LogP contribution is -2.38. The molecule has 1 aliphatic rings. The van der Waals surface area contributed by atoms with Crippen molar-refractivity contribution in [3.05, 3.63) is 30.3 Å². The number of anilines is 1. The highest BCUT2D eigenvalue weighted by Crippen LogP contribution is 2.28. The van der Waals surface area contributed by atoms with Crippen molar-refractivity contribution in [1.29, 1.82) is 0 Å². The molecular weight excluding hydrogens is 326 g/mol. The van der Waals surface area contributed by atoms with Gasteiger partial charge in [-0.15, -0.1) is 5.10 Å². The third kappa shape index (κ3) is 3.70. The zero-order valence-electron chi connectivity index (χ0n) is 13.4. The molecule has 3 rings (SSSR count). The van der Waals surface area contributed by atoms with E-state index in [1.807, 2.05) is 30.3 Å². The van der Waals surface area contributed by atoms with Gasteiger partial charge >= 0.3 is 6.03 Å². The molecule has 2 aromatic rings. The molecule has 3 amide bonds. The topological polar surface area (TPSA) is 78.4 Å². The van der Waals surface area contributed by atoms with Gasteiger partial charge < -0.3 is 9.80 Å². The van der Waals surface area contributed by atoms with Crippen LogP contribution >= 0.6 is 11.5 Å². The van der Waals surface area contributed by atoms with E-state index in [1.54, 1.807) is 16.7 Å². The molecule has 0 bridgehead atoms. The van der Waals surface area contributed by atoms with Crippen molar-refractivity contribution < 1.29 is 9.59 Å². The summed E-state index contributed by atoms with van der Waals surface area (Å²) in [5, 5.41) is 7.67. The molecule has 1 fully saturated rings. The van der Waals surface area contributed by atoms with E-state index >= 15 is 0 Å². The van der Waals surface area contributed by atoms with Gasteiger partial charge in [-0.3, -0.25) is 10.1 Å². The molecule has 8 heteroatoms. The van der Waals surface area contributed by atoms with Crippen molar-refractivity contribution in [2.24, 2.45) is 0 Å².